The zero-order chi connectivity index (χ0) is 14.8. The number of hydrogen-bond donors (Lipinski definition) is 2. The van der Waals surface area contributed by atoms with Crippen molar-refractivity contribution in [3.63, 3.8) is 0 Å². The van der Waals surface area contributed by atoms with Gasteiger partial charge in [0.2, 0.25) is 0 Å². The van der Waals surface area contributed by atoms with E-state index in [0.717, 1.165) is 0 Å². The van der Waals surface area contributed by atoms with Gasteiger partial charge in [-0.2, -0.15) is 0 Å². The molecule has 0 saturated carbocycles. The number of carbonyl (C=O) groups is 1. The lowest BCUT2D eigenvalue weighted by Crippen LogP contribution is -2.30. The van der Waals surface area contributed by atoms with Crippen molar-refractivity contribution in [1.82, 2.24) is 4.72 Å². The van der Waals surface area contributed by atoms with E-state index < -0.39 is 15.9 Å². The van der Waals surface area contributed by atoms with Crippen molar-refractivity contribution in [2.24, 2.45) is 0 Å². The number of para-hydroxylation sites is 1. The maximum atomic E-state index is 12.1. The summed E-state index contributed by atoms with van der Waals surface area (Å²) in [7, 11) is -4.11. The van der Waals surface area contributed by atoms with Gasteiger partial charge in [-0.05, 0) is 30.7 Å². The van der Waals surface area contributed by atoms with Crippen LogP contribution in [0.2, 0.25) is 0 Å². The largest absolute Gasteiger partial charge is 0.506 e. The minimum atomic E-state index is -4.11. The number of nitrogens with one attached hydrogen (secondary N) is 1. The van der Waals surface area contributed by atoms with Gasteiger partial charge < -0.3 is 5.11 Å². The van der Waals surface area contributed by atoms with Crippen molar-refractivity contribution >= 4 is 15.9 Å². The third-order valence-corrected chi connectivity index (χ3v) is 4.12. The number of carbonyl (C=O) groups excluding carboxylic acids is 1. The summed E-state index contributed by atoms with van der Waals surface area (Å²) in [5.41, 5.74) is 0.642. The number of rotatable bonds is 3. The summed E-state index contributed by atoms with van der Waals surface area (Å²) in [4.78, 5) is 11.5. The fourth-order valence-electron chi connectivity index (χ4n) is 1.67. The first kappa shape index (κ1) is 14.1. The molecule has 0 radical (unpaired) electrons. The van der Waals surface area contributed by atoms with E-state index >= 15 is 0 Å². The Morgan fingerprint density at radius 1 is 1.05 bits per heavy atom. The summed E-state index contributed by atoms with van der Waals surface area (Å²) in [5, 5.41) is 9.79. The van der Waals surface area contributed by atoms with Crippen molar-refractivity contribution < 1.29 is 18.3 Å². The van der Waals surface area contributed by atoms with Crippen LogP contribution in [0.4, 0.5) is 0 Å². The van der Waals surface area contributed by atoms with Crippen LogP contribution in [0.15, 0.2) is 53.4 Å². The quantitative estimate of drug-likeness (QED) is 0.903. The second kappa shape index (κ2) is 5.34. The Morgan fingerprint density at radius 2 is 1.70 bits per heavy atom. The highest BCUT2D eigenvalue weighted by atomic mass is 32.2. The van der Waals surface area contributed by atoms with Gasteiger partial charge >= 0.3 is 0 Å². The molecule has 0 heterocycles. The molecule has 0 fully saturated rings. The van der Waals surface area contributed by atoms with Gasteiger partial charge in [0.15, 0.2) is 0 Å². The van der Waals surface area contributed by atoms with Crippen LogP contribution in [0.3, 0.4) is 0 Å². The smallest absolute Gasteiger partial charge is 0.268 e. The molecule has 0 unspecified atom stereocenters. The van der Waals surface area contributed by atoms with Gasteiger partial charge in [0.25, 0.3) is 15.9 Å². The Labute approximate surface area is 116 Å². The fraction of sp³-hybridized carbons (Fsp3) is 0.0714. The molecule has 20 heavy (non-hydrogen) atoms. The number of phenolic OH excluding ortho intramolecular Hbond substituents is 1. The molecule has 0 atom stereocenters. The van der Waals surface area contributed by atoms with Gasteiger partial charge in [0.05, 0.1) is 0 Å². The van der Waals surface area contributed by atoms with Crippen LogP contribution in [-0.2, 0) is 10.0 Å². The maximum absolute atomic E-state index is 12.1. The Balaban J connectivity index is 2.33. The molecule has 2 N–H and O–H groups in total. The second-order valence-electron chi connectivity index (χ2n) is 4.22. The normalized spacial score (nSPS) is 11.1. The van der Waals surface area contributed by atoms with E-state index in [2.05, 4.69) is 0 Å². The van der Waals surface area contributed by atoms with Crippen molar-refractivity contribution in [2.45, 2.75) is 11.8 Å². The van der Waals surface area contributed by atoms with Crippen molar-refractivity contribution in [1.29, 1.82) is 0 Å². The molecular weight excluding hydrogens is 278 g/mol. The molecule has 0 aromatic heterocycles. The van der Waals surface area contributed by atoms with Gasteiger partial charge in [-0.3, -0.25) is 4.79 Å². The summed E-state index contributed by atoms with van der Waals surface area (Å²) < 4.78 is 26.1. The van der Waals surface area contributed by atoms with Crippen LogP contribution in [0.1, 0.15) is 15.9 Å². The first-order valence-electron chi connectivity index (χ1n) is 5.82. The fourth-order valence-corrected chi connectivity index (χ4v) is 2.82. The minimum absolute atomic E-state index is 0.225. The molecule has 0 aliphatic carbocycles. The second-order valence-corrected chi connectivity index (χ2v) is 5.87. The van der Waals surface area contributed by atoms with E-state index in [1.54, 1.807) is 31.2 Å². The van der Waals surface area contributed by atoms with Crippen LogP contribution in [-0.4, -0.2) is 19.4 Å². The van der Waals surface area contributed by atoms with Crippen molar-refractivity contribution in [3.05, 3.63) is 59.7 Å². The van der Waals surface area contributed by atoms with E-state index in [1.165, 1.54) is 24.3 Å². The highest BCUT2D eigenvalue weighted by Crippen LogP contribution is 2.25. The molecule has 2 aromatic rings. The topological polar surface area (TPSA) is 83.5 Å². The number of aromatic hydroxyl groups is 1. The molecule has 0 aliphatic heterocycles. The number of hydrogen-bond acceptors (Lipinski definition) is 4. The zero-order valence-electron chi connectivity index (χ0n) is 10.7. The molecule has 0 bridgehead atoms. The van der Waals surface area contributed by atoms with Crippen LogP contribution in [0, 0.1) is 6.92 Å². The first-order chi connectivity index (χ1) is 9.42. The van der Waals surface area contributed by atoms with E-state index in [0.29, 0.717) is 5.56 Å². The highest BCUT2D eigenvalue weighted by molar-refractivity contribution is 7.90. The van der Waals surface area contributed by atoms with Crippen molar-refractivity contribution in [2.75, 3.05) is 0 Å². The van der Waals surface area contributed by atoms with Crippen molar-refractivity contribution in [3.8, 4) is 5.75 Å². The van der Waals surface area contributed by atoms with E-state index in [4.69, 9.17) is 0 Å². The Bertz CT molecular complexity index is 739. The Morgan fingerprint density at radius 3 is 2.35 bits per heavy atom. The van der Waals surface area contributed by atoms with Gasteiger partial charge in [0.1, 0.15) is 10.6 Å². The van der Waals surface area contributed by atoms with Gasteiger partial charge in [-0.15, -0.1) is 0 Å². The molecular formula is C14H13NO4S. The van der Waals surface area contributed by atoms with E-state index in [-0.39, 0.29) is 16.2 Å². The van der Waals surface area contributed by atoms with Gasteiger partial charge in [-0.25, -0.2) is 13.1 Å². The predicted molar refractivity (Wildman–Crippen MR) is 73.9 cm³/mol. The zero-order valence-corrected chi connectivity index (χ0v) is 11.5. The lowest BCUT2D eigenvalue weighted by molar-refractivity contribution is 0.0981. The lowest BCUT2D eigenvalue weighted by Gasteiger charge is -2.09. The monoisotopic (exact) mass is 291 g/mol. The highest BCUT2D eigenvalue weighted by Gasteiger charge is 2.22. The van der Waals surface area contributed by atoms with Crippen LogP contribution in [0.25, 0.3) is 0 Å². The molecule has 6 heteroatoms. The molecule has 2 aromatic carbocycles. The number of sulfonamides is 1. The van der Waals surface area contributed by atoms with Crippen LogP contribution in [0.5, 0.6) is 5.75 Å². The summed E-state index contributed by atoms with van der Waals surface area (Å²) in [5.74, 6) is -1.10. The SMILES string of the molecule is Cc1cccc(S(=O)(=O)NC(=O)c2ccccc2)c1O. The average molecular weight is 291 g/mol. The summed E-state index contributed by atoms with van der Waals surface area (Å²) in [6, 6.07) is 12.3. The number of aryl methyl sites for hydroxylation is 1. The van der Waals surface area contributed by atoms with Crippen LogP contribution < -0.4 is 4.72 Å². The standard InChI is InChI=1S/C14H13NO4S/c1-10-6-5-9-12(13(10)16)20(18,19)15-14(17)11-7-3-2-4-8-11/h2-9,16H,1H3,(H,15,17). The lowest BCUT2D eigenvalue weighted by atomic mass is 10.2. The minimum Gasteiger partial charge on any atom is -0.506 e. The van der Waals surface area contributed by atoms with Gasteiger partial charge in [0, 0.05) is 5.56 Å². The Hall–Kier alpha value is -2.34. The van der Waals surface area contributed by atoms with Crippen LogP contribution >= 0.6 is 0 Å². The molecule has 1 amide bonds. The Kier molecular flexibility index (Phi) is 3.76. The maximum Gasteiger partial charge on any atom is 0.268 e. The molecule has 2 rings (SSSR count). The molecule has 0 aliphatic rings. The molecule has 0 saturated heterocycles. The third-order valence-electron chi connectivity index (χ3n) is 2.75. The summed E-state index contributed by atoms with van der Waals surface area (Å²) in [6.45, 7) is 1.58. The number of phenols is 1. The molecule has 0 spiro atoms. The number of amides is 1. The average Bonchev–Trinajstić information content (AvgIpc) is 2.42. The van der Waals surface area contributed by atoms with E-state index in [1.807, 2.05) is 4.72 Å². The molecule has 5 nitrogen and oxygen atoms in total. The number of benzene rings is 2. The molecule has 104 valence electrons. The summed E-state index contributed by atoms with van der Waals surface area (Å²) >= 11 is 0. The van der Waals surface area contributed by atoms with E-state index in [9.17, 15) is 18.3 Å². The summed E-state index contributed by atoms with van der Waals surface area (Å²) in [6.07, 6.45) is 0. The first-order valence-corrected chi connectivity index (χ1v) is 7.31. The predicted octanol–water partition coefficient (Wildman–Crippen LogP) is 1.82. The van der Waals surface area contributed by atoms with Gasteiger partial charge in [-0.1, -0.05) is 30.3 Å². The third kappa shape index (κ3) is 2.80.